The van der Waals surface area contributed by atoms with Gasteiger partial charge in [-0.25, -0.2) is 0 Å². The maximum Gasteiger partial charge on any atom is 0.0807 e. The first-order valence-electron chi connectivity index (χ1n) is 4.48. The third-order valence-corrected chi connectivity index (χ3v) is 1.84. The van der Waals surface area contributed by atoms with Gasteiger partial charge in [0.15, 0.2) is 0 Å². The second kappa shape index (κ2) is 4.37. The summed E-state index contributed by atoms with van der Waals surface area (Å²) in [4.78, 5) is 11.5. The van der Waals surface area contributed by atoms with Crippen LogP contribution in [0.2, 0.25) is 0 Å². The Labute approximate surface area is 82.5 Å². The predicted octanol–water partition coefficient (Wildman–Crippen LogP) is 2.03. The molecule has 2 heterocycles. The van der Waals surface area contributed by atoms with Crippen molar-refractivity contribution in [2.75, 3.05) is 0 Å². The topological polar surface area (TPSA) is 41.0 Å². The molecule has 14 heavy (non-hydrogen) atoms. The number of H-pyrrole nitrogens is 1. The molecule has 0 spiro atoms. The molecule has 0 bridgehead atoms. The molecule has 2 aromatic rings. The fourth-order valence-electron chi connectivity index (χ4n) is 1.16. The van der Waals surface area contributed by atoms with Crippen LogP contribution < -0.4 is 0 Å². The van der Waals surface area contributed by atoms with Crippen LogP contribution in [-0.2, 0) is 6.54 Å². The molecule has 2 rings (SSSR count). The van der Waals surface area contributed by atoms with Crippen LogP contribution in [0.15, 0.2) is 47.7 Å². The Morgan fingerprint density at radius 1 is 1.29 bits per heavy atom. The number of rotatable bonds is 3. The summed E-state index contributed by atoms with van der Waals surface area (Å²) in [5.41, 5.74) is 2.00. The van der Waals surface area contributed by atoms with Crippen molar-refractivity contribution in [3.8, 4) is 0 Å². The third kappa shape index (κ3) is 2.29. The van der Waals surface area contributed by atoms with Crippen LogP contribution in [0.5, 0.6) is 0 Å². The largest absolute Gasteiger partial charge is 0.363 e. The van der Waals surface area contributed by atoms with E-state index < -0.39 is 0 Å². The number of nitrogens with one attached hydrogen (secondary N) is 1. The summed E-state index contributed by atoms with van der Waals surface area (Å²) in [6, 6.07) is 9.74. The number of aromatic amines is 1. The number of aromatic nitrogens is 2. The summed E-state index contributed by atoms with van der Waals surface area (Å²) in [5, 5.41) is 0. The average Bonchev–Trinajstić information content (AvgIpc) is 2.72. The van der Waals surface area contributed by atoms with Gasteiger partial charge in [-0.15, -0.1) is 0 Å². The van der Waals surface area contributed by atoms with Gasteiger partial charge in [-0.2, -0.15) is 0 Å². The highest BCUT2D eigenvalue weighted by Gasteiger charge is 1.88. The van der Waals surface area contributed by atoms with Crippen LogP contribution in [0.1, 0.15) is 11.4 Å². The van der Waals surface area contributed by atoms with E-state index in [2.05, 4.69) is 15.0 Å². The summed E-state index contributed by atoms with van der Waals surface area (Å²) in [6.45, 7) is 0.670. The molecule has 0 amide bonds. The Morgan fingerprint density at radius 2 is 2.29 bits per heavy atom. The van der Waals surface area contributed by atoms with Gasteiger partial charge in [0, 0.05) is 24.3 Å². The van der Waals surface area contributed by atoms with E-state index in [1.54, 1.807) is 12.4 Å². The Morgan fingerprint density at radius 3 is 3.00 bits per heavy atom. The van der Waals surface area contributed by atoms with Gasteiger partial charge < -0.3 is 4.98 Å². The van der Waals surface area contributed by atoms with Crippen molar-refractivity contribution < 1.29 is 0 Å². The summed E-state index contributed by atoms with van der Waals surface area (Å²) >= 11 is 0. The molecule has 0 radical (unpaired) electrons. The molecule has 0 saturated carbocycles. The minimum atomic E-state index is 0.670. The normalized spacial score (nSPS) is 10.9. The second-order valence-corrected chi connectivity index (χ2v) is 2.92. The Kier molecular flexibility index (Phi) is 2.71. The van der Waals surface area contributed by atoms with Gasteiger partial charge >= 0.3 is 0 Å². The number of pyridine rings is 1. The zero-order valence-electron chi connectivity index (χ0n) is 7.72. The summed E-state index contributed by atoms with van der Waals surface area (Å²) < 4.78 is 0. The molecular formula is C11H11N3. The van der Waals surface area contributed by atoms with Gasteiger partial charge in [-0.3, -0.25) is 9.98 Å². The molecular weight excluding hydrogens is 174 g/mol. The van der Waals surface area contributed by atoms with Crippen molar-refractivity contribution in [1.29, 1.82) is 0 Å². The predicted molar refractivity (Wildman–Crippen MR) is 56.3 cm³/mol. The van der Waals surface area contributed by atoms with E-state index in [4.69, 9.17) is 0 Å². The SMILES string of the molecule is C(=NCc1ccc[nH]1)c1ccccn1. The fourth-order valence-corrected chi connectivity index (χ4v) is 1.16. The number of hydrogen-bond donors (Lipinski definition) is 1. The monoisotopic (exact) mass is 185 g/mol. The van der Waals surface area contributed by atoms with Gasteiger partial charge in [0.1, 0.15) is 0 Å². The van der Waals surface area contributed by atoms with E-state index in [0.29, 0.717) is 6.54 Å². The van der Waals surface area contributed by atoms with E-state index >= 15 is 0 Å². The molecule has 0 atom stereocenters. The minimum Gasteiger partial charge on any atom is -0.363 e. The van der Waals surface area contributed by atoms with E-state index in [-0.39, 0.29) is 0 Å². The smallest absolute Gasteiger partial charge is 0.0807 e. The van der Waals surface area contributed by atoms with Crippen molar-refractivity contribution >= 4 is 6.21 Å². The highest BCUT2D eigenvalue weighted by Crippen LogP contribution is 1.96. The molecule has 1 N–H and O–H groups in total. The van der Waals surface area contributed by atoms with Crippen molar-refractivity contribution in [2.45, 2.75) is 6.54 Å². The molecule has 70 valence electrons. The van der Waals surface area contributed by atoms with E-state index in [9.17, 15) is 0 Å². The van der Waals surface area contributed by atoms with Crippen LogP contribution >= 0.6 is 0 Å². The molecule has 3 heteroatoms. The highest BCUT2D eigenvalue weighted by molar-refractivity contribution is 5.76. The van der Waals surface area contributed by atoms with Crippen LogP contribution in [0.4, 0.5) is 0 Å². The molecule has 0 aliphatic carbocycles. The first kappa shape index (κ1) is 8.69. The third-order valence-electron chi connectivity index (χ3n) is 1.84. The lowest BCUT2D eigenvalue weighted by molar-refractivity contribution is 1.02. The van der Waals surface area contributed by atoms with Gasteiger partial charge in [0.05, 0.1) is 12.2 Å². The van der Waals surface area contributed by atoms with Crippen LogP contribution in [0.3, 0.4) is 0 Å². The Bertz CT molecular complexity index is 390. The van der Waals surface area contributed by atoms with E-state index in [1.165, 1.54) is 0 Å². The number of hydrogen-bond acceptors (Lipinski definition) is 2. The minimum absolute atomic E-state index is 0.670. The van der Waals surface area contributed by atoms with Gasteiger partial charge in [0.25, 0.3) is 0 Å². The highest BCUT2D eigenvalue weighted by atomic mass is 14.8. The van der Waals surface area contributed by atoms with Crippen molar-refractivity contribution in [3.05, 3.63) is 54.1 Å². The van der Waals surface area contributed by atoms with Crippen molar-refractivity contribution in [1.82, 2.24) is 9.97 Å². The lowest BCUT2D eigenvalue weighted by Gasteiger charge is -1.91. The molecule has 0 saturated heterocycles. The Balaban J connectivity index is 1.96. The van der Waals surface area contributed by atoms with Crippen molar-refractivity contribution in [2.24, 2.45) is 4.99 Å². The second-order valence-electron chi connectivity index (χ2n) is 2.92. The molecule has 0 aliphatic heterocycles. The van der Waals surface area contributed by atoms with Crippen LogP contribution in [0.25, 0.3) is 0 Å². The first-order valence-corrected chi connectivity index (χ1v) is 4.48. The quantitative estimate of drug-likeness (QED) is 0.730. The van der Waals surface area contributed by atoms with Crippen molar-refractivity contribution in [3.63, 3.8) is 0 Å². The van der Waals surface area contributed by atoms with Gasteiger partial charge in [-0.1, -0.05) is 6.07 Å². The maximum atomic E-state index is 4.27. The Hall–Kier alpha value is -1.90. The standard InChI is InChI=1S/C11H11N3/c1-2-6-13-10(4-1)8-12-9-11-5-3-7-14-11/h1-8,14H,9H2. The number of aliphatic imine (C=N–C) groups is 1. The average molecular weight is 185 g/mol. The zero-order valence-corrected chi connectivity index (χ0v) is 7.72. The molecule has 0 fully saturated rings. The number of nitrogens with zero attached hydrogens (tertiary/aromatic N) is 2. The fraction of sp³-hybridized carbons (Fsp3) is 0.0909. The van der Waals surface area contributed by atoms with E-state index in [0.717, 1.165) is 11.4 Å². The summed E-state index contributed by atoms with van der Waals surface area (Å²) in [6.07, 6.45) is 5.43. The molecule has 2 aromatic heterocycles. The zero-order chi connectivity index (χ0) is 9.64. The van der Waals surface area contributed by atoms with Crippen LogP contribution in [-0.4, -0.2) is 16.2 Å². The van der Waals surface area contributed by atoms with Crippen LogP contribution in [0, 0.1) is 0 Å². The lowest BCUT2D eigenvalue weighted by atomic mass is 10.4. The summed E-state index contributed by atoms with van der Waals surface area (Å²) in [5.74, 6) is 0. The molecule has 0 aromatic carbocycles. The lowest BCUT2D eigenvalue weighted by Crippen LogP contribution is -1.86. The van der Waals surface area contributed by atoms with E-state index in [1.807, 2.05) is 36.5 Å². The van der Waals surface area contributed by atoms with Gasteiger partial charge in [0.2, 0.25) is 0 Å². The maximum absolute atomic E-state index is 4.27. The van der Waals surface area contributed by atoms with Gasteiger partial charge in [-0.05, 0) is 24.3 Å². The summed E-state index contributed by atoms with van der Waals surface area (Å²) in [7, 11) is 0. The molecule has 0 unspecified atom stereocenters. The molecule has 3 nitrogen and oxygen atoms in total. The first-order chi connectivity index (χ1) is 6.95. The molecule has 0 aliphatic rings.